The predicted molar refractivity (Wildman–Crippen MR) is 105 cm³/mol. The first-order valence-corrected chi connectivity index (χ1v) is 9.48. The van der Waals surface area contributed by atoms with E-state index in [1.54, 1.807) is 0 Å². The number of nitrogens with zero attached hydrogens (tertiary/aromatic N) is 4. The van der Waals surface area contributed by atoms with Crippen LogP contribution in [-0.4, -0.2) is 25.5 Å². The third-order valence-corrected chi connectivity index (χ3v) is 4.54. The van der Waals surface area contributed by atoms with Gasteiger partial charge in [0.1, 0.15) is 11.6 Å². The summed E-state index contributed by atoms with van der Waals surface area (Å²) in [5.41, 5.74) is -0.655. The molecule has 1 N–H and O–H groups in total. The maximum atomic E-state index is 13.8. The van der Waals surface area contributed by atoms with Gasteiger partial charge in [0, 0.05) is 30.1 Å². The van der Waals surface area contributed by atoms with E-state index in [4.69, 9.17) is 4.74 Å². The van der Waals surface area contributed by atoms with Crippen molar-refractivity contribution in [1.29, 1.82) is 0 Å². The summed E-state index contributed by atoms with van der Waals surface area (Å²) in [4.78, 5) is 12.4. The van der Waals surface area contributed by atoms with Gasteiger partial charge in [-0.1, -0.05) is 0 Å². The standard InChI is InChI=1S/C21H13F6N5O2/c22-11-1-2-18(15(24)5-11)34-10-31-4-3-17(30-31)21(33)29-12-7-28-32(8-12)9-13-14(23)6-16(25)20(27)19(13)26/h1-8H,9-10H2,(H,29,33). The molecule has 0 bridgehead atoms. The molecule has 0 saturated carbocycles. The van der Waals surface area contributed by atoms with Crippen molar-refractivity contribution >= 4 is 11.6 Å². The Morgan fingerprint density at radius 3 is 2.50 bits per heavy atom. The summed E-state index contributed by atoms with van der Waals surface area (Å²) in [5, 5.41) is 10.2. The highest BCUT2D eigenvalue weighted by atomic mass is 19.2. The molecule has 176 valence electrons. The van der Waals surface area contributed by atoms with Crippen LogP contribution in [0.2, 0.25) is 0 Å². The number of rotatable bonds is 7. The van der Waals surface area contributed by atoms with Crippen molar-refractivity contribution in [2.24, 2.45) is 0 Å². The number of carbonyl (C=O) groups excluding carboxylic acids is 1. The SMILES string of the molecule is O=C(Nc1cnn(Cc2c(F)cc(F)c(F)c2F)c1)c1ccn(COc2ccc(F)cc2F)n1. The van der Waals surface area contributed by atoms with Crippen LogP contribution in [0.25, 0.3) is 0 Å². The van der Waals surface area contributed by atoms with E-state index < -0.39 is 52.9 Å². The molecule has 2 aromatic heterocycles. The van der Waals surface area contributed by atoms with Crippen LogP contribution in [0.1, 0.15) is 16.1 Å². The van der Waals surface area contributed by atoms with Crippen LogP contribution in [0.15, 0.2) is 48.9 Å². The van der Waals surface area contributed by atoms with Crippen LogP contribution in [0.3, 0.4) is 0 Å². The zero-order chi connectivity index (χ0) is 24.4. The minimum atomic E-state index is -1.81. The first kappa shape index (κ1) is 22.9. The van der Waals surface area contributed by atoms with Gasteiger partial charge in [-0.2, -0.15) is 10.2 Å². The molecule has 0 aliphatic carbocycles. The van der Waals surface area contributed by atoms with Crippen molar-refractivity contribution in [3.8, 4) is 5.75 Å². The van der Waals surface area contributed by atoms with Crippen LogP contribution >= 0.6 is 0 Å². The molecule has 34 heavy (non-hydrogen) atoms. The second kappa shape index (κ2) is 9.29. The van der Waals surface area contributed by atoms with Gasteiger partial charge in [-0.05, 0) is 18.2 Å². The molecule has 0 spiro atoms. The fourth-order valence-electron chi connectivity index (χ4n) is 2.90. The highest BCUT2D eigenvalue weighted by molar-refractivity contribution is 6.02. The van der Waals surface area contributed by atoms with Crippen molar-refractivity contribution in [2.45, 2.75) is 13.3 Å². The number of halogens is 6. The summed E-state index contributed by atoms with van der Waals surface area (Å²) in [6, 6.07) is 4.36. The van der Waals surface area contributed by atoms with E-state index in [9.17, 15) is 31.1 Å². The molecule has 4 rings (SSSR count). The zero-order valence-corrected chi connectivity index (χ0v) is 16.9. The van der Waals surface area contributed by atoms with Gasteiger partial charge in [-0.15, -0.1) is 0 Å². The second-order valence-corrected chi connectivity index (χ2v) is 6.92. The summed E-state index contributed by atoms with van der Waals surface area (Å²) in [7, 11) is 0. The Labute approximate surface area is 187 Å². The third kappa shape index (κ3) is 4.87. The molecule has 0 aliphatic rings. The van der Waals surface area contributed by atoms with Crippen LogP contribution in [0, 0.1) is 34.9 Å². The molecule has 1 amide bonds. The van der Waals surface area contributed by atoms with E-state index in [0.29, 0.717) is 6.07 Å². The Hall–Kier alpha value is -4.29. The highest BCUT2D eigenvalue weighted by Crippen LogP contribution is 2.21. The van der Waals surface area contributed by atoms with Gasteiger partial charge in [0.2, 0.25) is 0 Å². The second-order valence-electron chi connectivity index (χ2n) is 6.92. The van der Waals surface area contributed by atoms with E-state index in [1.165, 1.54) is 29.3 Å². The average molecular weight is 481 g/mol. The van der Waals surface area contributed by atoms with Gasteiger partial charge >= 0.3 is 0 Å². The van der Waals surface area contributed by atoms with Gasteiger partial charge in [-0.25, -0.2) is 31.0 Å². The summed E-state index contributed by atoms with van der Waals surface area (Å²) in [6.07, 6.45) is 3.77. The summed E-state index contributed by atoms with van der Waals surface area (Å²) in [5.74, 6) is -8.95. The Kier molecular flexibility index (Phi) is 6.25. The van der Waals surface area contributed by atoms with E-state index >= 15 is 0 Å². The van der Waals surface area contributed by atoms with Crippen molar-refractivity contribution in [2.75, 3.05) is 5.32 Å². The van der Waals surface area contributed by atoms with Crippen LogP contribution < -0.4 is 10.1 Å². The fraction of sp³-hybridized carbons (Fsp3) is 0.0952. The van der Waals surface area contributed by atoms with E-state index in [2.05, 4.69) is 15.5 Å². The Bertz CT molecular complexity index is 1370. The van der Waals surface area contributed by atoms with Gasteiger partial charge < -0.3 is 10.1 Å². The van der Waals surface area contributed by atoms with E-state index in [0.717, 1.165) is 16.8 Å². The number of benzene rings is 2. The topological polar surface area (TPSA) is 74.0 Å². The fourth-order valence-corrected chi connectivity index (χ4v) is 2.90. The number of amides is 1. The number of ether oxygens (including phenoxy) is 1. The van der Waals surface area contributed by atoms with Gasteiger partial charge in [-0.3, -0.25) is 9.48 Å². The number of carbonyl (C=O) groups is 1. The van der Waals surface area contributed by atoms with Crippen LogP contribution in [0.5, 0.6) is 5.75 Å². The Morgan fingerprint density at radius 2 is 1.74 bits per heavy atom. The number of nitrogens with one attached hydrogen (secondary N) is 1. The van der Waals surface area contributed by atoms with Gasteiger partial charge in [0.15, 0.2) is 41.4 Å². The minimum absolute atomic E-state index is 0.0476. The number of hydrogen-bond donors (Lipinski definition) is 1. The van der Waals surface area contributed by atoms with Crippen LogP contribution in [-0.2, 0) is 13.3 Å². The molecule has 0 unspecified atom stereocenters. The lowest BCUT2D eigenvalue weighted by atomic mass is 10.2. The van der Waals surface area contributed by atoms with Crippen LogP contribution in [0.4, 0.5) is 32.0 Å². The zero-order valence-electron chi connectivity index (χ0n) is 16.9. The number of hydrogen-bond acceptors (Lipinski definition) is 4. The lowest BCUT2D eigenvalue weighted by molar-refractivity contribution is 0.102. The Morgan fingerprint density at radius 1 is 0.941 bits per heavy atom. The first-order chi connectivity index (χ1) is 16.2. The molecule has 2 aromatic carbocycles. The monoisotopic (exact) mass is 481 g/mol. The smallest absolute Gasteiger partial charge is 0.276 e. The van der Waals surface area contributed by atoms with Crippen molar-refractivity contribution in [3.63, 3.8) is 0 Å². The highest BCUT2D eigenvalue weighted by Gasteiger charge is 2.20. The number of aromatic nitrogens is 4. The molecule has 4 aromatic rings. The van der Waals surface area contributed by atoms with E-state index in [-0.39, 0.29) is 29.9 Å². The van der Waals surface area contributed by atoms with Crippen molar-refractivity contribution in [1.82, 2.24) is 19.6 Å². The molecule has 13 heteroatoms. The van der Waals surface area contributed by atoms with E-state index in [1.807, 2.05) is 0 Å². The quantitative estimate of drug-likeness (QED) is 0.243. The predicted octanol–water partition coefficient (Wildman–Crippen LogP) is 4.25. The molecule has 2 heterocycles. The molecular weight excluding hydrogens is 468 g/mol. The van der Waals surface area contributed by atoms with Gasteiger partial charge in [0.05, 0.1) is 18.4 Å². The molecular formula is C21H13F6N5O2. The maximum Gasteiger partial charge on any atom is 0.276 e. The molecule has 0 aliphatic heterocycles. The van der Waals surface area contributed by atoms with Crippen molar-refractivity contribution < 1.29 is 35.9 Å². The molecule has 0 atom stereocenters. The Balaban J connectivity index is 1.38. The maximum absolute atomic E-state index is 13.8. The lowest BCUT2D eigenvalue weighted by Gasteiger charge is -2.07. The summed E-state index contributed by atoms with van der Waals surface area (Å²) >= 11 is 0. The molecule has 0 fully saturated rings. The normalized spacial score (nSPS) is 11.0. The summed E-state index contributed by atoms with van der Waals surface area (Å²) < 4.78 is 88.0. The molecule has 7 nitrogen and oxygen atoms in total. The lowest BCUT2D eigenvalue weighted by Crippen LogP contribution is -2.14. The first-order valence-electron chi connectivity index (χ1n) is 9.48. The average Bonchev–Trinajstić information content (AvgIpc) is 3.44. The molecule has 0 radical (unpaired) electrons. The third-order valence-electron chi connectivity index (χ3n) is 4.54. The van der Waals surface area contributed by atoms with Gasteiger partial charge in [0.25, 0.3) is 5.91 Å². The summed E-state index contributed by atoms with van der Waals surface area (Å²) in [6.45, 7) is -0.824. The largest absolute Gasteiger partial charge is 0.468 e. The van der Waals surface area contributed by atoms with Crippen molar-refractivity contribution in [3.05, 3.63) is 95.1 Å². The minimum Gasteiger partial charge on any atom is -0.468 e. The molecule has 0 saturated heterocycles. The number of anilines is 1.